The molecule has 3 saturated carbocycles. The minimum atomic E-state index is -4.49. The topological polar surface area (TPSA) is 89.3 Å². The Morgan fingerprint density at radius 3 is 2.66 bits per heavy atom. The van der Waals surface area contributed by atoms with Crippen LogP contribution >= 0.6 is 11.6 Å². The fourth-order valence-corrected chi connectivity index (χ4v) is 5.75. The maximum absolute atomic E-state index is 12.9. The van der Waals surface area contributed by atoms with Crippen molar-refractivity contribution in [2.75, 3.05) is 0 Å². The smallest absolute Gasteiger partial charge is 0.433 e. The summed E-state index contributed by atoms with van der Waals surface area (Å²) in [6, 6.07) is 7.21. The van der Waals surface area contributed by atoms with E-state index in [0.717, 1.165) is 37.1 Å². The third kappa shape index (κ3) is 3.66. The number of ether oxygens (including phenoxy) is 1. The van der Waals surface area contributed by atoms with Gasteiger partial charge in [-0.15, -0.1) is 0 Å². The van der Waals surface area contributed by atoms with Gasteiger partial charge < -0.3 is 15.2 Å². The SMILES string of the molecule is O=C(NC12CC(c3cnn(-c4ccc(C(F)(F)F)nc4)c3)(C1)C2)[C@H]1C[C@@H](O)c2cc(Cl)ccc2O1. The van der Waals surface area contributed by atoms with Crippen LogP contribution in [0.25, 0.3) is 5.69 Å². The van der Waals surface area contributed by atoms with Crippen molar-refractivity contribution in [2.24, 2.45) is 0 Å². The molecule has 35 heavy (non-hydrogen) atoms. The Hall–Kier alpha value is -3.11. The van der Waals surface area contributed by atoms with Gasteiger partial charge >= 0.3 is 6.18 Å². The van der Waals surface area contributed by atoms with Crippen LogP contribution in [0.4, 0.5) is 13.2 Å². The van der Waals surface area contributed by atoms with E-state index in [-0.39, 0.29) is 23.3 Å². The van der Waals surface area contributed by atoms with Gasteiger partial charge in [0, 0.05) is 34.2 Å². The number of pyridine rings is 1. The molecule has 0 unspecified atom stereocenters. The number of hydrogen-bond acceptors (Lipinski definition) is 5. The van der Waals surface area contributed by atoms with Crippen molar-refractivity contribution in [3.05, 3.63) is 70.8 Å². The van der Waals surface area contributed by atoms with Crippen LogP contribution in [-0.2, 0) is 16.4 Å². The molecule has 1 amide bonds. The van der Waals surface area contributed by atoms with Crippen LogP contribution in [0.1, 0.15) is 48.6 Å². The summed E-state index contributed by atoms with van der Waals surface area (Å²) in [5.74, 6) is 0.192. The minimum Gasteiger partial charge on any atom is -0.480 e. The Bertz CT molecular complexity index is 1300. The number of amides is 1. The van der Waals surface area contributed by atoms with Gasteiger partial charge in [-0.05, 0) is 55.2 Å². The van der Waals surface area contributed by atoms with Crippen molar-refractivity contribution in [3.63, 3.8) is 0 Å². The Balaban J connectivity index is 1.09. The van der Waals surface area contributed by atoms with Gasteiger partial charge in [-0.2, -0.15) is 18.3 Å². The highest BCUT2D eigenvalue weighted by Crippen LogP contribution is 2.67. The molecule has 1 aliphatic heterocycles. The van der Waals surface area contributed by atoms with E-state index in [9.17, 15) is 23.1 Å². The third-order valence-electron chi connectivity index (χ3n) is 7.25. The van der Waals surface area contributed by atoms with Gasteiger partial charge in [-0.3, -0.25) is 4.79 Å². The lowest BCUT2D eigenvalue weighted by molar-refractivity contribution is -0.146. The lowest BCUT2D eigenvalue weighted by Crippen LogP contribution is -2.77. The molecular formula is C24H20ClF3N4O3. The molecule has 3 fully saturated rings. The Morgan fingerprint density at radius 2 is 1.97 bits per heavy atom. The quantitative estimate of drug-likeness (QED) is 0.558. The maximum atomic E-state index is 12.9. The number of rotatable bonds is 4. The van der Waals surface area contributed by atoms with Crippen LogP contribution in [0, 0.1) is 0 Å². The highest BCUT2D eigenvalue weighted by molar-refractivity contribution is 6.30. The van der Waals surface area contributed by atoms with E-state index < -0.39 is 24.1 Å². The average Bonchev–Trinajstić information content (AvgIpc) is 3.25. The van der Waals surface area contributed by atoms with Gasteiger partial charge in [0.25, 0.3) is 5.91 Å². The number of alkyl halides is 3. The van der Waals surface area contributed by atoms with Crippen molar-refractivity contribution < 1.29 is 27.8 Å². The molecule has 3 aliphatic carbocycles. The van der Waals surface area contributed by atoms with Crippen LogP contribution in [0.15, 0.2) is 48.9 Å². The zero-order valence-corrected chi connectivity index (χ0v) is 19.0. The molecule has 7 rings (SSSR count). The summed E-state index contributed by atoms with van der Waals surface area (Å²) in [7, 11) is 0. The molecule has 7 nitrogen and oxygen atoms in total. The fourth-order valence-electron chi connectivity index (χ4n) is 5.57. The molecule has 2 aromatic heterocycles. The number of halogens is 4. The summed E-state index contributed by atoms with van der Waals surface area (Å²) < 4.78 is 45.6. The van der Waals surface area contributed by atoms with Crippen molar-refractivity contribution in [1.82, 2.24) is 20.1 Å². The van der Waals surface area contributed by atoms with Crippen molar-refractivity contribution >= 4 is 17.5 Å². The summed E-state index contributed by atoms with van der Waals surface area (Å²) >= 11 is 5.99. The van der Waals surface area contributed by atoms with E-state index in [1.807, 2.05) is 0 Å². The van der Waals surface area contributed by atoms with Gasteiger partial charge in [0.15, 0.2) is 6.10 Å². The predicted octanol–water partition coefficient (Wildman–Crippen LogP) is 4.11. The zero-order valence-electron chi connectivity index (χ0n) is 18.2. The van der Waals surface area contributed by atoms with Crippen LogP contribution < -0.4 is 10.1 Å². The van der Waals surface area contributed by atoms with E-state index >= 15 is 0 Å². The molecule has 11 heteroatoms. The number of nitrogens with zero attached hydrogens (tertiary/aromatic N) is 3. The van der Waals surface area contributed by atoms with Gasteiger partial charge in [0.2, 0.25) is 0 Å². The fraction of sp³-hybridized carbons (Fsp3) is 0.375. The number of carbonyl (C=O) groups excluding carboxylic acids is 1. The predicted molar refractivity (Wildman–Crippen MR) is 118 cm³/mol. The van der Waals surface area contributed by atoms with Gasteiger partial charge in [0.1, 0.15) is 11.4 Å². The highest BCUT2D eigenvalue weighted by Gasteiger charge is 2.69. The average molecular weight is 505 g/mol. The molecule has 0 saturated heterocycles. The van der Waals surface area contributed by atoms with E-state index in [2.05, 4.69) is 15.4 Å². The summed E-state index contributed by atoms with van der Waals surface area (Å²) in [6.07, 6.45) is 0.914. The van der Waals surface area contributed by atoms with Crippen LogP contribution in [0.2, 0.25) is 5.02 Å². The second kappa shape index (κ2) is 7.44. The van der Waals surface area contributed by atoms with Gasteiger partial charge in [-0.25, -0.2) is 9.67 Å². The van der Waals surface area contributed by atoms with E-state index in [1.54, 1.807) is 30.6 Å². The first-order valence-corrected chi connectivity index (χ1v) is 11.5. The molecule has 2 atom stereocenters. The van der Waals surface area contributed by atoms with Crippen LogP contribution in [-0.4, -0.2) is 37.4 Å². The number of aliphatic hydroxyl groups is 1. The molecule has 2 bridgehead atoms. The monoisotopic (exact) mass is 504 g/mol. The molecule has 182 valence electrons. The molecule has 0 spiro atoms. The van der Waals surface area contributed by atoms with Crippen LogP contribution in [0.3, 0.4) is 0 Å². The summed E-state index contributed by atoms with van der Waals surface area (Å²) in [4.78, 5) is 16.4. The second-order valence-corrected chi connectivity index (χ2v) is 10.1. The Labute approximate surface area is 202 Å². The van der Waals surface area contributed by atoms with E-state index in [0.29, 0.717) is 22.0 Å². The first kappa shape index (κ1) is 22.4. The van der Waals surface area contributed by atoms with Crippen molar-refractivity contribution in [3.8, 4) is 11.4 Å². The Kier molecular flexibility index (Phi) is 4.76. The normalized spacial score (nSPS) is 28.8. The first-order valence-electron chi connectivity index (χ1n) is 11.1. The molecule has 3 heterocycles. The first-order chi connectivity index (χ1) is 16.6. The molecule has 1 aromatic carbocycles. The van der Waals surface area contributed by atoms with E-state index in [4.69, 9.17) is 16.3 Å². The lowest BCUT2D eigenvalue weighted by atomic mass is 9.37. The van der Waals surface area contributed by atoms with E-state index in [1.165, 1.54) is 10.7 Å². The van der Waals surface area contributed by atoms with Gasteiger partial charge in [0.05, 0.1) is 24.2 Å². The zero-order chi connectivity index (χ0) is 24.6. The minimum absolute atomic E-state index is 0.110. The Morgan fingerprint density at radius 1 is 1.20 bits per heavy atom. The number of fused-ring (bicyclic) bond motifs is 1. The molecule has 3 aromatic rings. The summed E-state index contributed by atoms with van der Waals surface area (Å²) in [5, 5.41) is 18.3. The molecule has 2 N–H and O–H groups in total. The maximum Gasteiger partial charge on any atom is 0.433 e. The van der Waals surface area contributed by atoms with Gasteiger partial charge in [-0.1, -0.05) is 11.6 Å². The number of aromatic nitrogens is 3. The third-order valence-corrected chi connectivity index (χ3v) is 7.48. The highest BCUT2D eigenvalue weighted by atomic mass is 35.5. The number of nitrogens with one attached hydrogen (secondary N) is 1. The summed E-state index contributed by atoms with van der Waals surface area (Å²) in [6.45, 7) is 0. The van der Waals surface area contributed by atoms with Crippen LogP contribution in [0.5, 0.6) is 5.75 Å². The summed E-state index contributed by atoms with van der Waals surface area (Å²) in [5.41, 5.74) is 0.612. The van der Waals surface area contributed by atoms with Crippen molar-refractivity contribution in [1.29, 1.82) is 0 Å². The number of benzene rings is 1. The lowest BCUT2D eigenvalue weighted by Gasteiger charge is -2.70. The molecule has 4 aliphatic rings. The number of aliphatic hydroxyl groups excluding tert-OH is 1. The number of hydrogen-bond donors (Lipinski definition) is 2. The standard InChI is InChI=1S/C24H20ClF3N4O3/c25-14-1-3-18-16(5-14)17(33)6-19(35-18)21(34)31-23-10-22(11-23,12-23)13-7-30-32(9-13)15-2-4-20(29-8-15)24(26,27)28/h1-5,7-9,17,19,33H,6,10-12H2,(H,31,34)/t17-,19-,22?,23?/m1/s1. The largest absolute Gasteiger partial charge is 0.480 e. The number of carbonyl (C=O) groups is 1. The molecular weight excluding hydrogens is 485 g/mol. The van der Waals surface area contributed by atoms with Crippen molar-refractivity contribution in [2.45, 2.75) is 55.0 Å². The molecule has 0 radical (unpaired) electrons. The second-order valence-electron chi connectivity index (χ2n) is 9.69.